The second kappa shape index (κ2) is 5.45. The number of halogens is 1. The van der Waals surface area contributed by atoms with Crippen LogP contribution in [0.3, 0.4) is 0 Å². The lowest BCUT2D eigenvalue weighted by Gasteiger charge is -2.26. The van der Waals surface area contributed by atoms with Crippen LogP contribution in [0.4, 0.5) is 0 Å². The van der Waals surface area contributed by atoms with E-state index in [0.29, 0.717) is 16.9 Å². The highest BCUT2D eigenvalue weighted by atomic mass is 35.5. The molecule has 2 unspecified atom stereocenters. The van der Waals surface area contributed by atoms with Crippen molar-refractivity contribution in [3.63, 3.8) is 0 Å². The van der Waals surface area contributed by atoms with Gasteiger partial charge in [0.2, 0.25) is 5.91 Å². The Hall–Kier alpha value is -1.59. The molecule has 132 valence electrons. The van der Waals surface area contributed by atoms with Gasteiger partial charge in [0.05, 0.1) is 17.3 Å². The zero-order chi connectivity index (χ0) is 17.2. The fourth-order valence-electron chi connectivity index (χ4n) is 5.05. The number of aromatic amines is 1. The molecule has 0 saturated heterocycles. The van der Waals surface area contributed by atoms with Gasteiger partial charge in [0, 0.05) is 27.9 Å². The van der Waals surface area contributed by atoms with Gasteiger partial charge in [0.1, 0.15) is 0 Å². The molecule has 0 aliphatic heterocycles. The molecular formula is C19H22ClN3O2. The molecule has 5 nitrogen and oxygen atoms in total. The first-order chi connectivity index (χ1) is 12.0. The molecule has 1 aromatic heterocycles. The summed E-state index contributed by atoms with van der Waals surface area (Å²) in [6, 6.07) is 4.02. The maximum atomic E-state index is 12.0. The maximum absolute atomic E-state index is 12.0. The topological polar surface area (TPSA) is 78.0 Å². The lowest BCUT2D eigenvalue weighted by Crippen LogP contribution is -2.35. The van der Waals surface area contributed by atoms with Crippen LogP contribution in [-0.4, -0.2) is 27.3 Å². The van der Waals surface area contributed by atoms with Crippen molar-refractivity contribution < 1.29 is 9.90 Å². The van der Waals surface area contributed by atoms with E-state index in [1.807, 2.05) is 12.1 Å². The van der Waals surface area contributed by atoms with Crippen molar-refractivity contribution in [1.82, 2.24) is 15.5 Å². The van der Waals surface area contributed by atoms with Gasteiger partial charge in [-0.25, -0.2) is 0 Å². The smallest absolute Gasteiger partial charge is 0.223 e. The highest BCUT2D eigenvalue weighted by Gasteiger charge is 2.50. The molecule has 4 atom stereocenters. The summed E-state index contributed by atoms with van der Waals surface area (Å²) in [6.07, 6.45) is 7.22. The summed E-state index contributed by atoms with van der Waals surface area (Å²) in [6.45, 7) is 0. The van der Waals surface area contributed by atoms with Crippen LogP contribution in [0.15, 0.2) is 18.3 Å². The number of rotatable bonds is 3. The van der Waals surface area contributed by atoms with Gasteiger partial charge in [-0.3, -0.25) is 9.89 Å². The summed E-state index contributed by atoms with van der Waals surface area (Å²) in [4.78, 5) is 12.0. The predicted molar refractivity (Wildman–Crippen MR) is 95.1 cm³/mol. The first kappa shape index (κ1) is 15.6. The van der Waals surface area contributed by atoms with E-state index >= 15 is 0 Å². The summed E-state index contributed by atoms with van der Waals surface area (Å²) in [5.41, 5.74) is 0.877. The van der Waals surface area contributed by atoms with Gasteiger partial charge in [-0.15, -0.1) is 0 Å². The number of hydrogen-bond acceptors (Lipinski definition) is 3. The van der Waals surface area contributed by atoms with Gasteiger partial charge in [-0.2, -0.15) is 5.10 Å². The Bertz CT molecular complexity index is 830. The molecule has 0 radical (unpaired) electrons. The molecule has 1 aromatic carbocycles. The molecule has 3 aliphatic rings. The lowest BCUT2D eigenvalue weighted by molar-refractivity contribution is -0.123. The first-order valence-electron chi connectivity index (χ1n) is 9.18. The number of aliphatic hydroxyl groups is 1. The Morgan fingerprint density at radius 3 is 2.68 bits per heavy atom. The molecule has 3 saturated carbocycles. The van der Waals surface area contributed by atoms with Crippen molar-refractivity contribution in [3.05, 3.63) is 28.9 Å². The summed E-state index contributed by atoms with van der Waals surface area (Å²) in [5, 5.41) is 23.3. The minimum absolute atomic E-state index is 0.231. The third kappa shape index (κ3) is 2.64. The molecule has 6 heteroatoms. The number of nitrogens with one attached hydrogen (secondary N) is 2. The molecule has 2 aromatic rings. The number of benzene rings is 1. The van der Waals surface area contributed by atoms with Gasteiger partial charge in [0.15, 0.2) is 0 Å². The predicted octanol–water partition coefficient (Wildman–Crippen LogP) is 3.12. The van der Waals surface area contributed by atoms with Crippen LogP contribution in [0.25, 0.3) is 10.9 Å². The van der Waals surface area contributed by atoms with Crippen LogP contribution in [0, 0.1) is 17.8 Å². The minimum atomic E-state index is -0.865. The lowest BCUT2D eigenvalue weighted by atomic mass is 9.87. The van der Waals surface area contributed by atoms with Crippen LogP contribution in [0.5, 0.6) is 0 Å². The van der Waals surface area contributed by atoms with Gasteiger partial charge >= 0.3 is 0 Å². The number of aromatic nitrogens is 2. The summed E-state index contributed by atoms with van der Waals surface area (Å²) < 4.78 is 0. The van der Waals surface area contributed by atoms with E-state index in [0.717, 1.165) is 55.0 Å². The number of H-pyrrole nitrogens is 1. The van der Waals surface area contributed by atoms with Crippen LogP contribution in [-0.2, 0) is 10.4 Å². The standard InChI is InChI=1S/C19H22ClN3O2/c20-14-3-13-9-21-23-17(13)16(6-14)19(25)7-11-4-15(5-12(11)8-19)22-18(24)10-1-2-10/h3,6,9-12,15,25H,1-2,4-5,7-8H2,(H,21,23)(H,22,24)/t11-,12+,15?,19?. The van der Waals surface area contributed by atoms with Gasteiger partial charge in [0.25, 0.3) is 0 Å². The average molecular weight is 360 g/mol. The molecule has 1 amide bonds. The highest BCUT2D eigenvalue weighted by Crippen LogP contribution is 2.54. The highest BCUT2D eigenvalue weighted by molar-refractivity contribution is 6.31. The third-order valence-electron chi connectivity index (χ3n) is 6.35. The molecule has 3 aliphatic carbocycles. The molecule has 3 fully saturated rings. The fourth-order valence-corrected chi connectivity index (χ4v) is 5.28. The number of hydrogen-bond donors (Lipinski definition) is 3. The minimum Gasteiger partial charge on any atom is -0.385 e. The number of amides is 1. The second-order valence-corrected chi connectivity index (χ2v) is 8.64. The van der Waals surface area contributed by atoms with Crippen molar-refractivity contribution >= 4 is 28.4 Å². The van der Waals surface area contributed by atoms with Crippen molar-refractivity contribution in [1.29, 1.82) is 0 Å². The molecule has 0 bridgehead atoms. The first-order valence-corrected chi connectivity index (χ1v) is 9.55. The van der Waals surface area contributed by atoms with E-state index in [1.165, 1.54) is 0 Å². The summed E-state index contributed by atoms with van der Waals surface area (Å²) in [7, 11) is 0. The van der Waals surface area contributed by atoms with Crippen molar-refractivity contribution in [2.75, 3.05) is 0 Å². The van der Waals surface area contributed by atoms with Crippen molar-refractivity contribution in [3.8, 4) is 0 Å². The number of carbonyl (C=O) groups is 1. The van der Waals surface area contributed by atoms with Crippen LogP contribution < -0.4 is 5.32 Å². The van der Waals surface area contributed by atoms with Crippen LogP contribution in [0.2, 0.25) is 5.02 Å². The Labute approximate surface area is 151 Å². The number of carbonyl (C=O) groups excluding carboxylic acids is 1. The average Bonchev–Trinajstić information content (AvgIpc) is 3.09. The number of fused-ring (bicyclic) bond motifs is 2. The van der Waals surface area contributed by atoms with Crippen molar-refractivity contribution in [2.45, 2.75) is 50.2 Å². The van der Waals surface area contributed by atoms with E-state index in [2.05, 4.69) is 15.5 Å². The Morgan fingerprint density at radius 2 is 2.00 bits per heavy atom. The van der Waals surface area contributed by atoms with E-state index in [4.69, 9.17) is 11.6 Å². The molecular weight excluding hydrogens is 338 g/mol. The van der Waals surface area contributed by atoms with E-state index in [9.17, 15) is 9.90 Å². The zero-order valence-electron chi connectivity index (χ0n) is 14.0. The molecule has 3 N–H and O–H groups in total. The quantitative estimate of drug-likeness (QED) is 0.787. The third-order valence-corrected chi connectivity index (χ3v) is 6.57. The molecule has 0 spiro atoms. The van der Waals surface area contributed by atoms with E-state index in [1.54, 1.807) is 6.20 Å². The second-order valence-electron chi connectivity index (χ2n) is 8.20. The number of nitrogens with zero attached hydrogens (tertiary/aromatic N) is 1. The van der Waals surface area contributed by atoms with Crippen LogP contribution >= 0.6 is 11.6 Å². The van der Waals surface area contributed by atoms with Gasteiger partial charge in [-0.05, 0) is 62.5 Å². The summed E-state index contributed by atoms with van der Waals surface area (Å²) >= 11 is 6.26. The van der Waals surface area contributed by atoms with E-state index < -0.39 is 5.60 Å². The van der Waals surface area contributed by atoms with Crippen LogP contribution in [0.1, 0.15) is 44.1 Å². The Kier molecular flexibility index (Phi) is 3.41. The normalized spacial score (nSPS) is 34.4. The van der Waals surface area contributed by atoms with Gasteiger partial charge in [-0.1, -0.05) is 11.6 Å². The molecule has 5 rings (SSSR count). The monoisotopic (exact) mass is 359 g/mol. The molecule has 25 heavy (non-hydrogen) atoms. The van der Waals surface area contributed by atoms with Crippen molar-refractivity contribution in [2.24, 2.45) is 17.8 Å². The SMILES string of the molecule is O=C(NC1C[C@@H]2CC(O)(c3cc(Cl)cc4cn[nH]c34)C[C@@H]2C1)C1CC1. The zero-order valence-corrected chi connectivity index (χ0v) is 14.7. The fraction of sp³-hybridized carbons (Fsp3) is 0.579. The molecule has 1 heterocycles. The largest absolute Gasteiger partial charge is 0.385 e. The van der Waals surface area contributed by atoms with E-state index in [-0.39, 0.29) is 17.9 Å². The Morgan fingerprint density at radius 1 is 1.28 bits per heavy atom. The van der Waals surface area contributed by atoms with Gasteiger partial charge < -0.3 is 10.4 Å². The summed E-state index contributed by atoms with van der Waals surface area (Å²) in [5.74, 6) is 1.39. The maximum Gasteiger partial charge on any atom is 0.223 e. The Balaban J connectivity index is 1.35.